The average Bonchev–Trinajstić information content (AvgIpc) is 2.43. The van der Waals surface area contributed by atoms with E-state index in [-0.39, 0.29) is 0 Å². The van der Waals surface area contributed by atoms with Crippen molar-refractivity contribution < 1.29 is 0 Å². The van der Waals surface area contributed by atoms with Gasteiger partial charge in [-0.2, -0.15) is 4.98 Å². The van der Waals surface area contributed by atoms with Gasteiger partial charge in [0, 0.05) is 12.7 Å². The fourth-order valence-corrected chi connectivity index (χ4v) is 2.23. The van der Waals surface area contributed by atoms with Crippen LogP contribution in [-0.2, 0) is 0 Å². The molecule has 0 aliphatic rings. The lowest BCUT2D eigenvalue weighted by Gasteiger charge is -2.11. The number of para-hydroxylation sites is 1. The van der Waals surface area contributed by atoms with Crippen molar-refractivity contribution in [3.63, 3.8) is 0 Å². The molecule has 0 saturated carbocycles. The quantitative estimate of drug-likeness (QED) is 0.786. The van der Waals surface area contributed by atoms with Crippen molar-refractivity contribution in [2.24, 2.45) is 5.92 Å². The van der Waals surface area contributed by atoms with Crippen LogP contribution in [-0.4, -0.2) is 16.5 Å². The molecule has 0 aliphatic heterocycles. The van der Waals surface area contributed by atoms with E-state index in [2.05, 4.69) is 34.4 Å². The SMILES string of the molecule is CC(C)CCNc1ccnc(Nc2c(Cl)cccc2Cl)n1. The molecule has 2 aromatic rings. The number of halogens is 2. The van der Waals surface area contributed by atoms with Crippen molar-refractivity contribution in [2.75, 3.05) is 17.2 Å². The van der Waals surface area contributed by atoms with Gasteiger partial charge in [-0.15, -0.1) is 0 Å². The first-order chi connectivity index (χ1) is 10.1. The number of anilines is 3. The van der Waals surface area contributed by atoms with Crippen LogP contribution in [0.15, 0.2) is 30.5 Å². The van der Waals surface area contributed by atoms with Gasteiger partial charge in [-0.05, 0) is 30.5 Å². The van der Waals surface area contributed by atoms with Crippen LogP contribution in [0.3, 0.4) is 0 Å². The van der Waals surface area contributed by atoms with E-state index >= 15 is 0 Å². The first kappa shape index (κ1) is 15.9. The van der Waals surface area contributed by atoms with E-state index in [1.807, 2.05) is 6.07 Å². The zero-order valence-electron chi connectivity index (χ0n) is 12.0. The molecule has 0 atom stereocenters. The van der Waals surface area contributed by atoms with Crippen molar-refractivity contribution in [3.05, 3.63) is 40.5 Å². The monoisotopic (exact) mass is 324 g/mol. The van der Waals surface area contributed by atoms with Gasteiger partial charge in [-0.1, -0.05) is 43.1 Å². The summed E-state index contributed by atoms with van der Waals surface area (Å²) in [5.74, 6) is 1.88. The molecule has 0 saturated heterocycles. The molecule has 1 aromatic heterocycles. The molecule has 21 heavy (non-hydrogen) atoms. The fraction of sp³-hybridized carbons (Fsp3) is 0.333. The Kier molecular flexibility index (Phi) is 5.65. The first-order valence-electron chi connectivity index (χ1n) is 6.84. The van der Waals surface area contributed by atoms with Crippen LogP contribution in [0.25, 0.3) is 0 Å². The molecule has 0 spiro atoms. The summed E-state index contributed by atoms with van der Waals surface area (Å²) >= 11 is 12.2. The summed E-state index contributed by atoms with van der Waals surface area (Å²) in [5, 5.41) is 7.39. The molecule has 0 fully saturated rings. The van der Waals surface area contributed by atoms with Crippen LogP contribution in [0.1, 0.15) is 20.3 Å². The molecule has 4 nitrogen and oxygen atoms in total. The first-order valence-corrected chi connectivity index (χ1v) is 7.60. The molecular weight excluding hydrogens is 307 g/mol. The maximum Gasteiger partial charge on any atom is 0.229 e. The van der Waals surface area contributed by atoms with Gasteiger partial charge in [0.25, 0.3) is 0 Å². The summed E-state index contributed by atoms with van der Waals surface area (Å²) in [6.07, 6.45) is 2.78. The second-order valence-electron chi connectivity index (χ2n) is 5.10. The van der Waals surface area contributed by atoms with Crippen molar-refractivity contribution >= 4 is 40.7 Å². The number of nitrogens with one attached hydrogen (secondary N) is 2. The second-order valence-corrected chi connectivity index (χ2v) is 5.91. The van der Waals surface area contributed by atoms with Crippen molar-refractivity contribution in [2.45, 2.75) is 20.3 Å². The second kappa shape index (κ2) is 7.48. The third kappa shape index (κ3) is 4.76. The largest absolute Gasteiger partial charge is 0.370 e. The van der Waals surface area contributed by atoms with E-state index in [1.54, 1.807) is 24.4 Å². The predicted molar refractivity (Wildman–Crippen MR) is 89.7 cm³/mol. The molecular formula is C15H18Cl2N4. The maximum absolute atomic E-state index is 6.12. The van der Waals surface area contributed by atoms with Crippen LogP contribution < -0.4 is 10.6 Å². The predicted octanol–water partition coefficient (Wildman–Crippen LogP) is 4.99. The Morgan fingerprint density at radius 1 is 1.14 bits per heavy atom. The Morgan fingerprint density at radius 2 is 1.86 bits per heavy atom. The zero-order valence-corrected chi connectivity index (χ0v) is 13.5. The van der Waals surface area contributed by atoms with Gasteiger partial charge in [-0.25, -0.2) is 4.98 Å². The van der Waals surface area contributed by atoms with Crippen molar-refractivity contribution in [3.8, 4) is 0 Å². The van der Waals surface area contributed by atoms with Crippen molar-refractivity contribution in [1.29, 1.82) is 0 Å². The lowest BCUT2D eigenvalue weighted by atomic mass is 10.1. The number of aromatic nitrogens is 2. The molecule has 0 aliphatic carbocycles. The van der Waals surface area contributed by atoms with Gasteiger partial charge in [0.15, 0.2) is 0 Å². The van der Waals surface area contributed by atoms with Gasteiger partial charge in [-0.3, -0.25) is 0 Å². The summed E-state index contributed by atoms with van der Waals surface area (Å²) in [5.41, 5.74) is 0.611. The molecule has 0 amide bonds. The number of hydrogen-bond acceptors (Lipinski definition) is 4. The highest BCUT2D eigenvalue weighted by molar-refractivity contribution is 6.39. The third-order valence-corrected chi connectivity index (χ3v) is 3.51. The molecule has 2 rings (SSSR count). The lowest BCUT2D eigenvalue weighted by molar-refractivity contribution is 0.606. The zero-order chi connectivity index (χ0) is 15.2. The van der Waals surface area contributed by atoms with Gasteiger partial charge < -0.3 is 10.6 Å². The minimum absolute atomic E-state index is 0.458. The molecule has 1 aromatic carbocycles. The Balaban J connectivity index is 2.07. The molecule has 0 unspecified atom stereocenters. The van der Waals surface area contributed by atoms with Gasteiger partial charge in [0.1, 0.15) is 5.82 Å². The molecule has 112 valence electrons. The normalized spacial score (nSPS) is 10.7. The minimum atomic E-state index is 0.458. The van der Waals surface area contributed by atoms with E-state index in [9.17, 15) is 0 Å². The topological polar surface area (TPSA) is 49.8 Å². The summed E-state index contributed by atoms with van der Waals surface area (Å²) in [4.78, 5) is 8.58. The van der Waals surface area contributed by atoms with E-state index < -0.39 is 0 Å². The molecule has 6 heteroatoms. The smallest absolute Gasteiger partial charge is 0.229 e. The molecule has 0 bridgehead atoms. The van der Waals surface area contributed by atoms with E-state index in [0.717, 1.165) is 18.8 Å². The van der Waals surface area contributed by atoms with E-state index in [4.69, 9.17) is 23.2 Å². The van der Waals surface area contributed by atoms with E-state index in [0.29, 0.717) is 27.6 Å². The number of rotatable bonds is 6. The van der Waals surface area contributed by atoms with E-state index in [1.165, 1.54) is 0 Å². The highest BCUT2D eigenvalue weighted by Crippen LogP contribution is 2.31. The summed E-state index contributed by atoms with van der Waals surface area (Å²) in [6.45, 7) is 5.25. The third-order valence-electron chi connectivity index (χ3n) is 2.88. The summed E-state index contributed by atoms with van der Waals surface area (Å²) < 4.78 is 0. The number of hydrogen-bond donors (Lipinski definition) is 2. The Labute approximate surface area is 134 Å². The van der Waals surface area contributed by atoms with Crippen LogP contribution in [0.4, 0.5) is 17.5 Å². The molecule has 2 N–H and O–H groups in total. The molecule has 0 radical (unpaired) electrons. The summed E-state index contributed by atoms with van der Waals surface area (Å²) in [6, 6.07) is 7.15. The average molecular weight is 325 g/mol. The highest BCUT2D eigenvalue weighted by atomic mass is 35.5. The number of benzene rings is 1. The Hall–Kier alpha value is -1.52. The van der Waals surface area contributed by atoms with Gasteiger partial charge in [0.2, 0.25) is 5.95 Å². The van der Waals surface area contributed by atoms with Crippen LogP contribution in [0, 0.1) is 5.92 Å². The molecule has 1 heterocycles. The number of nitrogens with zero attached hydrogens (tertiary/aromatic N) is 2. The fourth-order valence-electron chi connectivity index (χ4n) is 1.74. The van der Waals surface area contributed by atoms with Crippen LogP contribution >= 0.6 is 23.2 Å². The van der Waals surface area contributed by atoms with Crippen LogP contribution in [0.2, 0.25) is 10.0 Å². The van der Waals surface area contributed by atoms with Crippen LogP contribution in [0.5, 0.6) is 0 Å². The summed E-state index contributed by atoms with van der Waals surface area (Å²) in [7, 11) is 0. The lowest BCUT2D eigenvalue weighted by Crippen LogP contribution is -2.07. The standard InChI is InChI=1S/C15H18Cl2N4/c1-10(2)6-8-18-13-7-9-19-15(20-13)21-14-11(16)4-3-5-12(14)17/h3-5,7,9-10H,6,8H2,1-2H3,(H2,18,19,20,21). The van der Waals surface area contributed by atoms with Gasteiger partial charge in [0.05, 0.1) is 15.7 Å². The Morgan fingerprint density at radius 3 is 2.52 bits per heavy atom. The minimum Gasteiger partial charge on any atom is -0.370 e. The van der Waals surface area contributed by atoms with Crippen molar-refractivity contribution in [1.82, 2.24) is 9.97 Å². The Bertz CT molecular complexity index is 582. The van der Waals surface area contributed by atoms with Gasteiger partial charge >= 0.3 is 0 Å². The maximum atomic E-state index is 6.12. The highest BCUT2D eigenvalue weighted by Gasteiger charge is 2.07.